The lowest BCUT2D eigenvalue weighted by molar-refractivity contribution is 0.332. The van der Waals surface area contributed by atoms with Crippen molar-refractivity contribution in [3.63, 3.8) is 0 Å². The van der Waals surface area contributed by atoms with Gasteiger partial charge in [-0.25, -0.2) is 0 Å². The molecular formula is C68H61BN2O3. The molecule has 11 aromatic rings. The van der Waals surface area contributed by atoms with Crippen LogP contribution in [0.15, 0.2) is 153 Å². The second-order valence-corrected chi connectivity index (χ2v) is 25.1. The topological polar surface area (TPSA) is 45.9 Å². The third-order valence-corrected chi connectivity index (χ3v) is 18.5. The quantitative estimate of drug-likeness (QED) is 0.165. The number of anilines is 5. The van der Waals surface area contributed by atoms with E-state index in [1.54, 1.807) is 0 Å². The molecule has 15 rings (SSSR count). The van der Waals surface area contributed by atoms with Crippen molar-refractivity contribution in [1.82, 2.24) is 0 Å². The van der Waals surface area contributed by atoms with Gasteiger partial charge in [0.25, 0.3) is 0 Å². The van der Waals surface area contributed by atoms with E-state index < -0.39 is 0 Å². The van der Waals surface area contributed by atoms with Gasteiger partial charge in [-0.2, -0.15) is 0 Å². The lowest BCUT2D eigenvalue weighted by Gasteiger charge is -2.45. The maximum Gasteiger partial charge on any atom is 0.376 e. The summed E-state index contributed by atoms with van der Waals surface area (Å²) in [5.74, 6) is 0. The van der Waals surface area contributed by atoms with Crippen molar-refractivity contribution in [2.75, 3.05) is 9.71 Å². The van der Waals surface area contributed by atoms with Crippen molar-refractivity contribution < 1.29 is 13.3 Å². The number of fused-ring (bicyclic) bond motifs is 15. The summed E-state index contributed by atoms with van der Waals surface area (Å²) in [5, 5.41) is 5.56. The summed E-state index contributed by atoms with van der Waals surface area (Å²) in [6, 6.07) is 52.2. The molecule has 0 radical (unpaired) electrons. The first-order chi connectivity index (χ1) is 35.5. The van der Waals surface area contributed by atoms with Gasteiger partial charge in [0.05, 0.1) is 5.69 Å². The molecule has 0 bridgehead atoms. The normalized spacial score (nSPS) is 17.7. The van der Waals surface area contributed by atoms with Crippen LogP contribution in [0.5, 0.6) is 0 Å². The Morgan fingerprint density at radius 2 is 1.07 bits per heavy atom. The number of furan rings is 3. The molecule has 74 heavy (non-hydrogen) atoms. The van der Waals surface area contributed by atoms with Crippen molar-refractivity contribution in [1.29, 1.82) is 0 Å². The van der Waals surface area contributed by atoms with Gasteiger partial charge in [-0.3, -0.25) is 0 Å². The zero-order chi connectivity index (χ0) is 50.5. The van der Waals surface area contributed by atoms with E-state index in [2.05, 4.69) is 218 Å². The zero-order valence-electron chi connectivity index (χ0n) is 44.3. The highest BCUT2D eigenvalue weighted by Gasteiger charge is 2.51. The molecule has 3 aromatic heterocycles. The summed E-state index contributed by atoms with van der Waals surface area (Å²) in [5.41, 5.74) is 24.8. The minimum Gasteiger partial charge on any atom is -0.466 e. The second-order valence-electron chi connectivity index (χ2n) is 25.1. The molecule has 364 valence electrons. The fraction of sp³-hybridized carbons (Fsp3) is 0.265. The Balaban J connectivity index is 1.11. The van der Waals surface area contributed by atoms with E-state index in [9.17, 15) is 0 Å². The summed E-state index contributed by atoms with van der Waals surface area (Å²) >= 11 is 0. The van der Waals surface area contributed by atoms with E-state index in [-0.39, 0.29) is 28.5 Å². The average molecular weight is 965 g/mol. The van der Waals surface area contributed by atoms with Gasteiger partial charge in [0.15, 0.2) is 0 Å². The molecule has 8 aromatic carbocycles. The third-order valence-electron chi connectivity index (χ3n) is 18.5. The van der Waals surface area contributed by atoms with Crippen molar-refractivity contribution in [2.45, 2.75) is 117 Å². The first kappa shape index (κ1) is 44.1. The molecule has 5 heterocycles. The predicted octanol–water partition coefficient (Wildman–Crippen LogP) is 17.9. The molecule has 0 N–H and O–H groups in total. The van der Waals surface area contributed by atoms with E-state index in [0.29, 0.717) is 0 Å². The zero-order valence-corrected chi connectivity index (χ0v) is 44.3. The van der Waals surface area contributed by atoms with Crippen molar-refractivity contribution >= 4 is 101 Å². The van der Waals surface area contributed by atoms with Crippen molar-refractivity contribution in [3.05, 3.63) is 173 Å². The Bertz CT molecular complexity index is 4240. The fourth-order valence-electron chi connectivity index (χ4n) is 14.0. The molecule has 2 aliphatic heterocycles. The minimum atomic E-state index is -0.379. The van der Waals surface area contributed by atoms with Gasteiger partial charge in [-0.15, -0.1) is 0 Å². The van der Waals surface area contributed by atoms with Crippen LogP contribution < -0.4 is 20.8 Å². The number of nitrogens with zero attached hydrogens (tertiary/aromatic N) is 2. The smallest absolute Gasteiger partial charge is 0.376 e. The van der Waals surface area contributed by atoms with Crippen LogP contribution in [-0.4, -0.2) is 6.85 Å². The van der Waals surface area contributed by atoms with E-state index in [4.69, 9.17) is 13.3 Å². The van der Waals surface area contributed by atoms with Crippen LogP contribution >= 0.6 is 0 Å². The summed E-state index contributed by atoms with van der Waals surface area (Å²) in [4.78, 5) is 5.13. The van der Waals surface area contributed by atoms with Crippen LogP contribution in [0.2, 0.25) is 0 Å². The number of benzene rings is 8. The van der Waals surface area contributed by atoms with E-state index in [0.717, 1.165) is 131 Å². The van der Waals surface area contributed by atoms with Gasteiger partial charge in [0.2, 0.25) is 0 Å². The average Bonchev–Trinajstić information content (AvgIpc) is 4.17. The summed E-state index contributed by atoms with van der Waals surface area (Å²) < 4.78 is 22.0. The molecule has 0 amide bonds. The summed E-state index contributed by atoms with van der Waals surface area (Å²) in [7, 11) is 0. The van der Waals surface area contributed by atoms with E-state index in [1.807, 2.05) is 0 Å². The standard InChI is InChI=1S/C68H61BN2O3/c1-38-20-23-42(24-21-38)71-54-37-59-45(46-33-50-52(36-58(46)72-59)68(9,10)29-27-66(50,5)6)32-48(54)60-61-55(34-47-43-18-14-15-19-56(43)73-63(47)60)70(53-35-51-49(30-39(53)2)65(3,4)26-28-67(51,7)8)62-44-25-22-41(40-16-12-11-13-17-40)31-57(44)74-64(62)69(61)71/h11-25,30-37H,26-29H2,1-10H3. The monoisotopic (exact) mass is 964 g/mol. The lowest BCUT2D eigenvalue weighted by atomic mass is 9.45. The third kappa shape index (κ3) is 6.00. The Kier molecular flexibility index (Phi) is 8.73. The minimum absolute atomic E-state index is 0.00815. The number of aryl methyl sites for hydroxylation is 2. The SMILES string of the molecule is Cc1ccc(N2B3c4oc5cc(-c6ccccc6)ccc5c4N(c4cc5c(cc4C)C(C)(C)CCC5(C)C)c4cc5c(oc6ccccc65)c(c43)-c3cc4c(cc32)oc2cc3c(cc24)C(C)(C)CCC3(C)C)cc1. The van der Waals surface area contributed by atoms with Gasteiger partial charge in [0, 0.05) is 66.9 Å². The van der Waals surface area contributed by atoms with Gasteiger partial charge >= 0.3 is 6.85 Å². The molecule has 4 aliphatic rings. The Hall–Kier alpha value is -7.44. The largest absolute Gasteiger partial charge is 0.466 e. The van der Waals surface area contributed by atoms with Crippen LogP contribution in [-0.2, 0) is 21.7 Å². The number of para-hydroxylation sites is 1. The maximum absolute atomic E-state index is 7.64. The van der Waals surface area contributed by atoms with Crippen LogP contribution in [0.25, 0.3) is 77.1 Å². The number of hydrogen-bond donors (Lipinski definition) is 0. The Morgan fingerprint density at radius 1 is 0.446 bits per heavy atom. The van der Waals surface area contributed by atoms with Gasteiger partial charge in [-0.1, -0.05) is 134 Å². The predicted molar refractivity (Wildman–Crippen MR) is 310 cm³/mol. The molecule has 2 aliphatic carbocycles. The molecular weight excluding hydrogens is 904 g/mol. The number of rotatable bonds is 3. The fourth-order valence-corrected chi connectivity index (χ4v) is 14.0. The Labute approximate surface area is 433 Å². The van der Waals surface area contributed by atoms with Crippen molar-refractivity contribution in [2.24, 2.45) is 0 Å². The molecule has 5 nitrogen and oxygen atoms in total. The van der Waals surface area contributed by atoms with Crippen molar-refractivity contribution in [3.8, 4) is 22.3 Å². The highest BCUT2D eigenvalue weighted by atomic mass is 16.3. The highest BCUT2D eigenvalue weighted by Crippen LogP contribution is 2.56. The first-order valence-electron chi connectivity index (χ1n) is 26.9. The molecule has 0 unspecified atom stereocenters. The summed E-state index contributed by atoms with van der Waals surface area (Å²) in [6.07, 6.45) is 4.56. The molecule has 0 atom stereocenters. The van der Waals surface area contributed by atoms with Crippen LogP contribution in [0.4, 0.5) is 28.4 Å². The van der Waals surface area contributed by atoms with Gasteiger partial charge in [-0.05, 0) is 166 Å². The second kappa shape index (κ2) is 14.7. The van der Waals surface area contributed by atoms with Crippen LogP contribution in [0, 0.1) is 13.8 Å². The number of hydrogen-bond acceptors (Lipinski definition) is 5. The Morgan fingerprint density at radius 3 is 1.80 bits per heavy atom. The molecule has 0 fully saturated rings. The van der Waals surface area contributed by atoms with Crippen LogP contribution in [0.1, 0.15) is 114 Å². The molecule has 6 heteroatoms. The summed E-state index contributed by atoms with van der Waals surface area (Å²) in [6.45, 7) is 23.5. The van der Waals surface area contributed by atoms with E-state index >= 15 is 0 Å². The lowest BCUT2D eigenvalue weighted by Crippen LogP contribution is -2.61. The van der Waals surface area contributed by atoms with E-state index in [1.165, 1.54) is 44.5 Å². The maximum atomic E-state index is 7.64. The van der Waals surface area contributed by atoms with Crippen LogP contribution in [0.3, 0.4) is 0 Å². The van der Waals surface area contributed by atoms with Gasteiger partial charge < -0.3 is 23.0 Å². The highest BCUT2D eigenvalue weighted by molar-refractivity contribution is 6.93. The molecule has 0 saturated heterocycles. The molecule has 0 spiro atoms. The van der Waals surface area contributed by atoms with Gasteiger partial charge in [0.1, 0.15) is 33.6 Å². The first-order valence-corrected chi connectivity index (χ1v) is 26.9. The molecule has 0 saturated carbocycles.